The number of rotatable bonds is 4. The van der Waals surface area contributed by atoms with Gasteiger partial charge in [0.15, 0.2) is 0 Å². The predicted octanol–water partition coefficient (Wildman–Crippen LogP) is 5.62. The van der Waals surface area contributed by atoms with Crippen molar-refractivity contribution in [1.29, 1.82) is 0 Å². The van der Waals surface area contributed by atoms with Crippen molar-refractivity contribution < 1.29 is 14.3 Å². The zero-order valence-corrected chi connectivity index (χ0v) is 22.3. The van der Waals surface area contributed by atoms with Crippen molar-refractivity contribution in [3.63, 3.8) is 0 Å². The van der Waals surface area contributed by atoms with Crippen molar-refractivity contribution >= 4 is 28.9 Å². The fraction of sp³-hybridized carbons (Fsp3) is 0.300. The van der Waals surface area contributed by atoms with Gasteiger partial charge in [0.25, 0.3) is 5.91 Å². The average Bonchev–Trinajstić information content (AvgIpc) is 3.33. The number of anilines is 2. The largest absolute Gasteiger partial charge is 0.444 e. The summed E-state index contributed by atoms with van der Waals surface area (Å²) in [5.41, 5.74) is 5.77. The van der Waals surface area contributed by atoms with Crippen LogP contribution in [0.4, 0.5) is 16.2 Å². The van der Waals surface area contributed by atoms with Crippen molar-refractivity contribution in [3.05, 3.63) is 84.2 Å². The fourth-order valence-electron chi connectivity index (χ4n) is 4.57. The van der Waals surface area contributed by atoms with Gasteiger partial charge in [-0.2, -0.15) is 5.10 Å². The Bertz CT molecular complexity index is 1460. The summed E-state index contributed by atoms with van der Waals surface area (Å²) >= 11 is 0. The van der Waals surface area contributed by atoms with Gasteiger partial charge in [-0.05, 0) is 63.1 Å². The number of fused-ring (bicyclic) bond motifs is 1. The zero-order valence-electron chi connectivity index (χ0n) is 22.3. The Morgan fingerprint density at radius 1 is 0.895 bits per heavy atom. The van der Waals surface area contributed by atoms with Crippen LogP contribution in [0.5, 0.6) is 0 Å². The first-order valence-electron chi connectivity index (χ1n) is 12.9. The highest BCUT2D eigenvalue weighted by Crippen LogP contribution is 2.26. The molecule has 5 rings (SSSR count). The van der Waals surface area contributed by atoms with Crippen LogP contribution in [0.25, 0.3) is 16.6 Å². The quantitative estimate of drug-likeness (QED) is 0.385. The number of pyridine rings is 1. The van der Waals surface area contributed by atoms with Crippen LogP contribution < -0.4 is 10.2 Å². The molecule has 1 saturated heterocycles. The highest BCUT2D eigenvalue weighted by Gasteiger charge is 2.26. The molecule has 0 radical (unpaired) electrons. The minimum atomic E-state index is -0.488. The first kappa shape index (κ1) is 25.3. The van der Waals surface area contributed by atoms with Crippen molar-refractivity contribution in [3.8, 4) is 11.1 Å². The van der Waals surface area contributed by atoms with Gasteiger partial charge >= 0.3 is 6.09 Å². The molecule has 196 valence electrons. The Balaban J connectivity index is 1.25. The first-order valence-corrected chi connectivity index (χ1v) is 12.9. The Kier molecular flexibility index (Phi) is 6.80. The van der Waals surface area contributed by atoms with E-state index in [0.717, 1.165) is 46.7 Å². The number of carbonyl (C=O) groups is 2. The van der Waals surface area contributed by atoms with Crippen molar-refractivity contribution in [1.82, 2.24) is 14.5 Å². The highest BCUT2D eigenvalue weighted by molar-refractivity contribution is 6.09. The van der Waals surface area contributed by atoms with E-state index in [1.165, 1.54) is 0 Å². The zero-order chi connectivity index (χ0) is 26.9. The maximum atomic E-state index is 12.9. The van der Waals surface area contributed by atoms with Crippen molar-refractivity contribution in [2.45, 2.75) is 33.3 Å². The molecule has 2 aromatic carbocycles. The third-order valence-corrected chi connectivity index (χ3v) is 6.65. The van der Waals surface area contributed by atoms with Crippen molar-refractivity contribution in [2.24, 2.45) is 0 Å². The molecule has 3 heterocycles. The van der Waals surface area contributed by atoms with Gasteiger partial charge in [0, 0.05) is 49.3 Å². The SMILES string of the molecule is Cc1ccccc1NC(=O)c1cnn2cc(-c3ccc(N4CCN(C(=O)OC(C)(C)C)CC4)cc3)ccc12. The number of aryl methyl sites for hydroxylation is 1. The van der Waals surface area contributed by atoms with Crippen LogP contribution in [0.2, 0.25) is 0 Å². The summed E-state index contributed by atoms with van der Waals surface area (Å²) in [5.74, 6) is -0.182. The van der Waals surface area contributed by atoms with Crippen LogP contribution in [0.3, 0.4) is 0 Å². The molecule has 1 N–H and O–H groups in total. The third-order valence-electron chi connectivity index (χ3n) is 6.65. The number of aromatic nitrogens is 2. The normalized spacial score (nSPS) is 14.0. The maximum Gasteiger partial charge on any atom is 0.410 e. The lowest BCUT2D eigenvalue weighted by Gasteiger charge is -2.36. The molecule has 0 aliphatic carbocycles. The molecule has 0 saturated carbocycles. The number of hydrogen-bond donors (Lipinski definition) is 1. The number of carbonyl (C=O) groups excluding carboxylic acids is 2. The summed E-state index contributed by atoms with van der Waals surface area (Å²) in [6.45, 7) is 10.4. The van der Waals surface area contributed by atoms with E-state index in [1.807, 2.05) is 70.3 Å². The van der Waals surface area contributed by atoms with Crippen LogP contribution in [0.15, 0.2) is 73.1 Å². The van der Waals surface area contributed by atoms with Gasteiger partial charge in [-0.3, -0.25) is 4.79 Å². The monoisotopic (exact) mass is 511 g/mol. The Labute approximate surface area is 222 Å². The molecule has 1 fully saturated rings. The van der Waals surface area contributed by atoms with Crippen molar-refractivity contribution in [2.75, 3.05) is 36.4 Å². The van der Waals surface area contributed by atoms with E-state index < -0.39 is 5.60 Å². The van der Waals surface area contributed by atoms with E-state index in [1.54, 1.807) is 15.6 Å². The van der Waals surface area contributed by atoms with E-state index in [4.69, 9.17) is 4.74 Å². The van der Waals surface area contributed by atoms with Crippen LogP contribution in [0, 0.1) is 6.92 Å². The van der Waals surface area contributed by atoms with Gasteiger partial charge in [-0.15, -0.1) is 0 Å². The summed E-state index contributed by atoms with van der Waals surface area (Å²) in [7, 11) is 0. The molecule has 0 unspecified atom stereocenters. The van der Waals surface area contributed by atoms with Gasteiger partial charge in [-0.1, -0.05) is 36.4 Å². The number of nitrogens with one attached hydrogen (secondary N) is 1. The molecule has 1 aliphatic rings. The molecule has 8 heteroatoms. The topological polar surface area (TPSA) is 79.2 Å². The molecule has 2 amide bonds. The van der Waals surface area contributed by atoms with Crippen LogP contribution in [0.1, 0.15) is 36.7 Å². The smallest absolute Gasteiger partial charge is 0.410 e. The molecule has 0 bridgehead atoms. The Morgan fingerprint density at radius 3 is 2.26 bits per heavy atom. The second-order valence-electron chi connectivity index (χ2n) is 10.6. The Morgan fingerprint density at radius 2 is 1.58 bits per heavy atom. The average molecular weight is 512 g/mol. The molecule has 0 spiro atoms. The van der Waals surface area contributed by atoms with Gasteiger partial charge in [0.2, 0.25) is 0 Å². The molecule has 38 heavy (non-hydrogen) atoms. The standard InChI is InChI=1S/C30H33N5O3/c1-21-7-5-6-8-26(21)32-28(36)25-19-31-35-20-23(11-14-27(25)35)22-9-12-24(13-10-22)33-15-17-34(18-16-33)29(37)38-30(2,3)4/h5-14,19-20H,15-18H2,1-4H3,(H,32,36). The number of benzene rings is 2. The number of nitrogens with zero attached hydrogens (tertiary/aromatic N) is 4. The lowest BCUT2D eigenvalue weighted by atomic mass is 10.1. The molecular weight excluding hydrogens is 478 g/mol. The van der Waals surface area contributed by atoms with Crippen LogP contribution in [-0.4, -0.2) is 58.3 Å². The van der Waals surface area contributed by atoms with E-state index in [9.17, 15) is 9.59 Å². The number of amides is 2. The maximum absolute atomic E-state index is 12.9. The van der Waals surface area contributed by atoms with E-state index in [2.05, 4.69) is 39.6 Å². The van der Waals surface area contributed by atoms with E-state index in [0.29, 0.717) is 18.7 Å². The van der Waals surface area contributed by atoms with Gasteiger partial charge in [-0.25, -0.2) is 9.31 Å². The number of piperazine rings is 1. The summed E-state index contributed by atoms with van der Waals surface area (Å²) in [6, 6.07) is 20.0. The lowest BCUT2D eigenvalue weighted by molar-refractivity contribution is 0.0240. The fourth-order valence-corrected chi connectivity index (χ4v) is 4.57. The van der Waals surface area contributed by atoms with Gasteiger partial charge < -0.3 is 19.9 Å². The van der Waals surface area contributed by atoms with E-state index in [-0.39, 0.29) is 12.0 Å². The third kappa shape index (κ3) is 5.49. The second-order valence-corrected chi connectivity index (χ2v) is 10.6. The number of ether oxygens (including phenoxy) is 1. The summed E-state index contributed by atoms with van der Waals surface area (Å²) in [4.78, 5) is 29.3. The molecule has 0 atom stereocenters. The van der Waals surface area contributed by atoms with Crippen LogP contribution >= 0.6 is 0 Å². The van der Waals surface area contributed by atoms with Gasteiger partial charge in [0.1, 0.15) is 5.60 Å². The molecule has 8 nitrogen and oxygen atoms in total. The summed E-state index contributed by atoms with van der Waals surface area (Å²) in [5, 5.41) is 7.41. The van der Waals surface area contributed by atoms with E-state index >= 15 is 0 Å². The number of hydrogen-bond acceptors (Lipinski definition) is 5. The van der Waals surface area contributed by atoms with Crippen LogP contribution in [-0.2, 0) is 4.74 Å². The first-order chi connectivity index (χ1) is 18.2. The molecule has 2 aromatic heterocycles. The van der Waals surface area contributed by atoms with Gasteiger partial charge in [0.05, 0.1) is 17.3 Å². The second kappa shape index (κ2) is 10.2. The summed E-state index contributed by atoms with van der Waals surface area (Å²) in [6.07, 6.45) is 3.29. The highest BCUT2D eigenvalue weighted by atomic mass is 16.6. The minimum Gasteiger partial charge on any atom is -0.444 e. The molecule has 4 aromatic rings. The predicted molar refractivity (Wildman–Crippen MR) is 150 cm³/mol. The Hall–Kier alpha value is -4.33. The minimum absolute atomic E-state index is 0.182. The molecule has 1 aliphatic heterocycles. The number of para-hydroxylation sites is 1. The lowest BCUT2D eigenvalue weighted by Crippen LogP contribution is -2.50. The summed E-state index contributed by atoms with van der Waals surface area (Å²) < 4.78 is 7.24. The molecular formula is C30H33N5O3.